The average molecular weight is 473 g/mol. The van der Waals surface area contributed by atoms with Gasteiger partial charge in [0, 0.05) is 10.4 Å². The van der Waals surface area contributed by atoms with Crippen molar-refractivity contribution < 1.29 is 19.5 Å². The Morgan fingerprint density at radius 3 is 2.06 bits per heavy atom. The Balaban J connectivity index is 1.68. The lowest BCUT2D eigenvalue weighted by atomic mass is 9.47. The van der Waals surface area contributed by atoms with Crippen LogP contribution in [0.2, 0.25) is 0 Å². The lowest BCUT2D eigenvalue weighted by Gasteiger charge is -2.54. The maximum absolute atomic E-state index is 13.8. The van der Waals surface area contributed by atoms with Crippen LogP contribution >= 0.6 is 15.9 Å². The number of hydrogen-bond donors (Lipinski definition) is 0. The standard InChI is InChI=1S/C25H16BrNO4/c26-13-6-5-7-14(12-13)27-22(28)20-19-15-8-1-3-10-17(15)25(24(30)31,21(20)23(27)29)18-11-4-2-9-16(18)19/h1-12,19-21H,(H,30,31)/p-1. The first-order chi connectivity index (χ1) is 15.0. The van der Waals surface area contributed by atoms with Gasteiger partial charge in [0.1, 0.15) is 0 Å². The van der Waals surface area contributed by atoms with Gasteiger partial charge in [0.05, 0.1) is 28.9 Å². The summed E-state index contributed by atoms with van der Waals surface area (Å²) in [6.45, 7) is 0. The third-order valence-corrected chi connectivity index (χ3v) is 7.50. The zero-order valence-electron chi connectivity index (χ0n) is 16.1. The van der Waals surface area contributed by atoms with E-state index in [4.69, 9.17) is 0 Å². The number of rotatable bonds is 2. The molecule has 0 radical (unpaired) electrons. The van der Waals surface area contributed by atoms with Crippen LogP contribution in [0.25, 0.3) is 0 Å². The molecule has 7 rings (SSSR count). The molecule has 2 bridgehead atoms. The van der Waals surface area contributed by atoms with E-state index in [-0.39, 0.29) is 11.8 Å². The zero-order valence-corrected chi connectivity index (χ0v) is 17.7. The van der Waals surface area contributed by atoms with Gasteiger partial charge in [-0.3, -0.25) is 9.59 Å². The van der Waals surface area contributed by atoms with E-state index in [9.17, 15) is 19.5 Å². The molecule has 1 aliphatic heterocycles. The van der Waals surface area contributed by atoms with Gasteiger partial charge in [-0.1, -0.05) is 70.5 Å². The number of carbonyl (C=O) groups is 3. The predicted molar refractivity (Wildman–Crippen MR) is 114 cm³/mol. The lowest BCUT2D eigenvalue weighted by Crippen LogP contribution is -2.61. The monoisotopic (exact) mass is 472 g/mol. The van der Waals surface area contributed by atoms with Crippen LogP contribution in [0.5, 0.6) is 0 Å². The number of anilines is 1. The summed E-state index contributed by atoms with van der Waals surface area (Å²) in [4.78, 5) is 41.6. The summed E-state index contributed by atoms with van der Waals surface area (Å²) in [7, 11) is 0. The summed E-state index contributed by atoms with van der Waals surface area (Å²) in [5.74, 6) is -4.45. The number of halogens is 1. The van der Waals surface area contributed by atoms with Crippen molar-refractivity contribution >= 4 is 39.4 Å². The Kier molecular flexibility index (Phi) is 3.67. The van der Waals surface area contributed by atoms with Gasteiger partial charge in [-0.05, 0) is 40.5 Å². The molecule has 1 fully saturated rings. The number of nitrogens with zero attached hydrogens (tertiary/aromatic N) is 1. The van der Waals surface area contributed by atoms with E-state index in [1.807, 2.05) is 24.3 Å². The van der Waals surface area contributed by atoms with Crippen molar-refractivity contribution in [2.24, 2.45) is 11.8 Å². The zero-order chi connectivity index (χ0) is 21.5. The highest BCUT2D eigenvalue weighted by molar-refractivity contribution is 9.10. The van der Waals surface area contributed by atoms with Crippen LogP contribution in [0.3, 0.4) is 0 Å². The summed E-state index contributed by atoms with van der Waals surface area (Å²) in [6, 6.07) is 21.4. The largest absolute Gasteiger partial charge is 0.549 e. The number of carbonyl (C=O) groups excluding carboxylic acids is 3. The van der Waals surface area contributed by atoms with Crippen molar-refractivity contribution in [2.45, 2.75) is 11.3 Å². The fourth-order valence-corrected chi connectivity index (χ4v) is 6.38. The molecule has 0 saturated carbocycles. The molecule has 31 heavy (non-hydrogen) atoms. The molecule has 152 valence electrons. The topological polar surface area (TPSA) is 77.5 Å². The minimum atomic E-state index is -1.71. The van der Waals surface area contributed by atoms with E-state index < -0.39 is 29.1 Å². The molecule has 3 aromatic carbocycles. The molecule has 6 heteroatoms. The lowest BCUT2D eigenvalue weighted by molar-refractivity contribution is -0.314. The third-order valence-electron chi connectivity index (χ3n) is 7.01. The number of amides is 2. The van der Waals surface area contributed by atoms with Gasteiger partial charge in [-0.2, -0.15) is 0 Å². The maximum atomic E-state index is 13.8. The molecule has 0 aromatic heterocycles. The van der Waals surface area contributed by atoms with Crippen molar-refractivity contribution in [3.63, 3.8) is 0 Å². The van der Waals surface area contributed by atoms with Crippen LogP contribution in [0.4, 0.5) is 5.69 Å². The van der Waals surface area contributed by atoms with Crippen LogP contribution < -0.4 is 10.0 Å². The van der Waals surface area contributed by atoms with E-state index in [0.29, 0.717) is 16.8 Å². The highest BCUT2D eigenvalue weighted by Crippen LogP contribution is 2.64. The SMILES string of the molecule is O=C1C2C3c4ccccc4C(C(=O)[O-])(c4ccccc43)C2C(=O)N1c1cccc(Br)c1. The van der Waals surface area contributed by atoms with Gasteiger partial charge in [0.15, 0.2) is 0 Å². The fraction of sp³-hybridized carbons (Fsp3) is 0.160. The van der Waals surface area contributed by atoms with E-state index in [0.717, 1.165) is 20.5 Å². The van der Waals surface area contributed by atoms with Crippen LogP contribution in [0.1, 0.15) is 28.2 Å². The molecule has 2 unspecified atom stereocenters. The van der Waals surface area contributed by atoms with Crippen LogP contribution in [0.15, 0.2) is 77.3 Å². The minimum absolute atomic E-state index is 0.368. The Morgan fingerprint density at radius 1 is 0.871 bits per heavy atom. The van der Waals surface area contributed by atoms with Gasteiger partial charge < -0.3 is 9.90 Å². The van der Waals surface area contributed by atoms with E-state index >= 15 is 0 Å². The third kappa shape index (κ3) is 2.08. The molecule has 1 heterocycles. The molecule has 0 spiro atoms. The van der Waals surface area contributed by atoms with Crippen molar-refractivity contribution in [2.75, 3.05) is 4.90 Å². The molecular formula is C25H15BrNO4-. The van der Waals surface area contributed by atoms with Gasteiger partial charge in [0.2, 0.25) is 11.8 Å². The Morgan fingerprint density at radius 2 is 1.48 bits per heavy atom. The second kappa shape index (κ2) is 6.14. The molecule has 3 aliphatic carbocycles. The quantitative estimate of drug-likeness (QED) is 0.537. The van der Waals surface area contributed by atoms with E-state index in [1.54, 1.807) is 48.5 Å². The number of carboxylic acids is 1. The summed E-state index contributed by atoms with van der Waals surface area (Å²) >= 11 is 3.39. The number of imide groups is 1. The molecule has 0 N–H and O–H groups in total. The number of carboxylic acid groups (broad SMARTS) is 1. The Bertz CT molecular complexity index is 1270. The van der Waals surface area contributed by atoms with Gasteiger partial charge >= 0.3 is 0 Å². The van der Waals surface area contributed by atoms with Crippen molar-refractivity contribution in [3.8, 4) is 0 Å². The number of benzene rings is 3. The summed E-state index contributed by atoms with van der Waals surface area (Å²) < 4.78 is 0.727. The first-order valence-corrected chi connectivity index (χ1v) is 10.8. The second-order valence-electron chi connectivity index (χ2n) is 8.24. The number of aliphatic carboxylic acids is 1. The fourth-order valence-electron chi connectivity index (χ4n) is 5.99. The van der Waals surface area contributed by atoms with Gasteiger partial charge in [-0.15, -0.1) is 0 Å². The van der Waals surface area contributed by atoms with Crippen LogP contribution in [-0.4, -0.2) is 17.8 Å². The molecule has 2 atom stereocenters. The summed E-state index contributed by atoms with van der Waals surface area (Å²) in [5, 5.41) is 12.9. The molecule has 3 aromatic rings. The van der Waals surface area contributed by atoms with Gasteiger partial charge in [-0.25, -0.2) is 4.90 Å². The van der Waals surface area contributed by atoms with Crippen molar-refractivity contribution in [1.29, 1.82) is 0 Å². The van der Waals surface area contributed by atoms with Gasteiger partial charge in [0.25, 0.3) is 0 Å². The average Bonchev–Trinajstić information content (AvgIpc) is 3.04. The molecule has 1 saturated heterocycles. The first-order valence-electron chi connectivity index (χ1n) is 10.0. The van der Waals surface area contributed by atoms with Crippen LogP contribution in [0, 0.1) is 11.8 Å². The minimum Gasteiger partial charge on any atom is -0.549 e. The Labute approximate surface area is 186 Å². The van der Waals surface area contributed by atoms with Crippen molar-refractivity contribution in [3.05, 3.63) is 99.5 Å². The molecular weight excluding hydrogens is 458 g/mol. The maximum Gasteiger partial charge on any atom is 0.239 e. The van der Waals surface area contributed by atoms with E-state index in [1.165, 1.54) is 0 Å². The first kappa shape index (κ1) is 18.5. The Hall–Kier alpha value is -3.25. The van der Waals surface area contributed by atoms with Crippen LogP contribution in [-0.2, 0) is 19.8 Å². The number of hydrogen-bond acceptors (Lipinski definition) is 4. The second-order valence-corrected chi connectivity index (χ2v) is 9.16. The smallest absolute Gasteiger partial charge is 0.239 e. The molecule has 4 aliphatic rings. The highest BCUT2D eigenvalue weighted by Gasteiger charge is 2.68. The molecule has 5 nitrogen and oxygen atoms in total. The predicted octanol–water partition coefficient (Wildman–Crippen LogP) is 2.75. The van der Waals surface area contributed by atoms with E-state index in [2.05, 4.69) is 15.9 Å². The summed E-state index contributed by atoms with van der Waals surface area (Å²) in [6.07, 6.45) is 0. The summed E-state index contributed by atoms with van der Waals surface area (Å²) in [5.41, 5.74) is 1.39. The van der Waals surface area contributed by atoms with Crippen molar-refractivity contribution in [1.82, 2.24) is 0 Å². The molecule has 2 amide bonds. The highest BCUT2D eigenvalue weighted by atomic mass is 79.9. The normalized spacial score (nSPS) is 27.6.